The Hall–Kier alpha value is -1.88. The second-order valence-corrected chi connectivity index (χ2v) is 6.74. The first-order chi connectivity index (χ1) is 10.5. The SMILES string of the molecule is Cc1c(S(=O)(=O)NCCn2nc(C(F)(F)F)cc2C)cnn1C. The van der Waals surface area contributed by atoms with E-state index in [1.54, 1.807) is 14.0 Å². The normalized spacial score (nSPS) is 12.8. The van der Waals surface area contributed by atoms with Gasteiger partial charge in [-0.25, -0.2) is 13.1 Å². The Morgan fingerprint density at radius 1 is 1.30 bits per heavy atom. The van der Waals surface area contributed by atoms with E-state index in [2.05, 4.69) is 14.9 Å². The van der Waals surface area contributed by atoms with Crippen molar-refractivity contribution in [2.45, 2.75) is 31.5 Å². The number of alkyl halides is 3. The Kier molecular flexibility index (Phi) is 4.53. The summed E-state index contributed by atoms with van der Waals surface area (Å²) in [6.45, 7) is 2.98. The highest BCUT2D eigenvalue weighted by molar-refractivity contribution is 7.89. The van der Waals surface area contributed by atoms with Crippen molar-refractivity contribution in [2.75, 3.05) is 6.54 Å². The summed E-state index contributed by atoms with van der Waals surface area (Å²) >= 11 is 0. The third kappa shape index (κ3) is 3.72. The van der Waals surface area contributed by atoms with Crippen molar-refractivity contribution >= 4 is 10.0 Å². The van der Waals surface area contributed by atoms with E-state index in [1.165, 1.54) is 17.8 Å². The zero-order valence-corrected chi connectivity index (χ0v) is 13.5. The van der Waals surface area contributed by atoms with Gasteiger partial charge in [-0.3, -0.25) is 9.36 Å². The van der Waals surface area contributed by atoms with Gasteiger partial charge in [0, 0.05) is 19.3 Å². The highest BCUT2D eigenvalue weighted by atomic mass is 32.2. The molecule has 0 bridgehead atoms. The topological polar surface area (TPSA) is 81.8 Å². The Labute approximate surface area is 131 Å². The zero-order valence-electron chi connectivity index (χ0n) is 12.7. The molecule has 0 unspecified atom stereocenters. The van der Waals surface area contributed by atoms with Gasteiger partial charge in [0.2, 0.25) is 10.0 Å². The van der Waals surface area contributed by atoms with Crippen molar-refractivity contribution in [3.63, 3.8) is 0 Å². The molecule has 2 aromatic rings. The summed E-state index contributed by atoms with van der Waals surface area (Å²) in [5.41, 5.74) is -0.234. The van der Waals surface area contributed by atoms with Gasteiger partial charge in [0.1, 0.15) is 4.90 Å². The highest BCUT2D eigenvalue weighted by Crippen LogP contribution is 2.28. The fourth-order valence-electron chi connectivity index (χ4n) is 1.98. The lowest BCUT2D eigenvalue weighted by atomic mass is 10.4. The molecule has 0 radical (unpaired) electrons. The quantitative estimate of drug-likeness (QED) is 0.878. The van der Waals surface area contributed by atoms with E-state index in [0.29, 0.717) is 11.4 Å². The maximum absolute atomic E-state index is 12.6. The van der Waals surface area contributed by atoms with Crippen LogP contribution in [0.5, 0.6) is 0 Å². The Morgan fingerprint density at radius 3 is 2.43 bits per heavy atom. The molecule has 0 amide bonds. The first-order valence-electron chi connectivity index (χ1n) is 6.62. The summed E-state index contributed by atoms with van der Waals surface area (Å²) in [7, 11) is -2.16. The minimum Gasteiger partial charge on any atom is -0.272 e. The van der Waals surface area contributed by atoms with Crippen molar-refractivity contribution in [1.82, 2.24) is 24.3 Å². The summed E-state index contributed by atoms with van der Waals surface area (Å²) in [5.74, 6) is 0. The number of hydrogen-bond acceptors (Lipinski definition) is 4. The summed E-state index contributed by atoms with van der Waals surface area (Å²) in [5, 5.41) is 7.28. The van der Waals surface area contributed by atoms with Gasteiger partial charge in [0.05, 0.1) is 18.4 Å². The van der Waals surface area contributed by atoms with Crippen LogP contribution in [0.3, 0.4) is 0 Å². The van der Waals surface area contributed by atoms with Crippen molar-refractivity contribution < 1.29 is 21.6 Å². The molecule has 0 saturated heterocycles. The third-order valence-corrected chi connectivity index (χ3v) is 4.93. The monoisotopic (exact) mass is 351 g/mol. The first-order valence-corrected chi connectivity index (χ1v) is 8.10. The minimum atomic E-state index is -4.53. The van der Waals surface area contributed by atoms with Gasteiger partial charge in [-0.2, -0.15) is 23.4 Å². The number of hydrogen-bond donors (Lipinski definition) is 1. The van der Waals surface area contributed by atoms with Crippen LogP contribution in [0.25, 0.3) is 0 Å². The lowest BCUT2D eigenvalue weighted by Gasteiger charge is -2.08. The van der Waals surface area contributed by atoms with E-state index in [1.807, 2.05) is 0 Å². The second kappa shape index (κ2) is 5.96. The number of nitrogens with zero attached hydrogens (tertiary/aromatic N) is 4. The number of nitrogens with one attached hydrogen (secondary N) is 1. The molecule has 128 valence electrons. The lowest BCUT2D eigenvalue weighted by Crippen LogP contribution is -2.28. The Bertz CT molecular complexity index is 807. The van der Waals surface area contributed by atoms with E-state index in [0.717, 1.165) is 10.7 Å². The van der Waals surface area contributed by atoms with Gasteiger partial charge >= 0.3 is 6.18 Å². The molecular weight excluding hydrogens is 335 g/mol. The van der Waals surface area contributed by atoms with Gasteiger partial charge in [0.25, 0.3) is 0 Å². The first kappa shape index (κ1) is 17.5. The van der Waals surface area contributed by atoms with E-state index < -0.39 is 21.9 Å². The van der Waals surface area contributed by atoms with E-state index in [9.17, 15) is 21.6 Å². The second-order valence-electron chi connectivity index (χ2n) is 5.01. The summed E-state index contributed by atoms with van der Waals surface area (Å²) in [6.07, 6.45) is -3.30. The lowest BCUT2D eigenvalue weighted by molar-refractivity contribution is -0.141. The van der Waals surface area contributed by atoms with Crippen LogP contribution < -0.4 is 4.72 Å². The van der Waals surface area contributed by atoms with E-state index in [4.69, 9.17) is 0 Å². The molecule has 0 aliphatic carbocycles. The highest BCUT2D eigenvalue weighted by Gasteiger charge is 2.34. The molecule has 0 aliphatic heterocycles. The van der Waals surface area contributed by atoms with Crippen LogP contribution in [0.4, 0.5) is 13.2 Å². The molecule has 0 spiro atoms. The molecule has 0 atom stereocenters. The van der Waals surface area contributed by atoms with Crippen LogP contribution in [-0.4, -0.2) is 34.5 Å². The maximum atomic E-state index is 12.6. The van der Waals surface area contributed by atoms with E-state index >= 15 is 0 Å². The van der Waals surface area contributed by atoms with Gasteiger partial charge in [-0.15, -0.1) is 0 Å². The average molecular weight is 351 g/mol. The Balaban J connectivity index is 2.05. The molecule has 23 heavy (non-hydrogen) atoms. The average Bonchev–Trinajstić information content (AvgIpc) is 2.94. The number of aromatic nitrogens is 4. The number of halogens is 3. The van der Waals surface area contributed by atoms with Gasteiger partial charge in [0.15, 0.2) is 5.69 Å². The van der Waals surface area contributed by atoms with Crippen LogP contribution in [0.2, 0.25) is 0 Å². The molecule has 0 aliphatic rings. The molecular formula is C12H16F3N5O2S. The molecule has 0 aromatic carbocycles. The van der Waals surface area contributed by atoms with E-state index in [-0.39, 0.29) is 18.0 Å². The van der Waals surface area contributed by atoms with Crippen LogP contribution in [0.15, 0.2) is 17.2 Å². The van der Waals surface area contributed by atoms with Crippen molar-refractivity contribution in [3.05, 3.63) is 29.3 Å². The summed E-state index contributed by atoms with van der Waals surface area (Å²) in [6, 6.07) is 0.916. The minimum absolute atomic E-state index is 0.0134. The third-order valence-electron chi connectivity index (χ3n) is 3.37. The van der Waals surface area contributed by atoms with Crippen molar-refractivity contribution in [2.24, 2.45) is 7.05 Å². The maximum Gasteiger partial charge on any atom is 0.435 e. The predicted octanol–water partition coefficient (Wildman–Crippen LogP) is 1.23. The van der Waals surface area contributed by atoms with Gasteiger partial charge < -0.3 is 0 Å². The summed E-state index contributed by atoms with van der Waals surface area (Å²) in [4.78, 5) is 0.0353. The van der Waals surface area contributed by atoms with Gasteiger partial charge in [-0.05, 0) is 19.9 Å². The molecule has 2 aromatic heterocycles. The smallest absolute Gasteiger partial charge is 0.272 e. The zero-order chi connectivity index (χ0) is 17.4. The van der Waals surface area contributed by atoms with Crippen LogP contribution in [0, 0.1) is 13.8 Å². The number of aryl methyl sites for hydroxylation is 2. The standard InChI is InChI=1S/C12H16F3N5O2S/c1-8-6-11(12(13,14)15)18-20(8)5-4-17-23(21,22)10-7-16-19(3)9(10)2/h6-7,17H,4-5H2,1-3H3. The fourth-order valence-corrected chi connectivity index (χ4v) is 3.20. The van der Waals surface area contributed by atoms with Crippen LogP contribution in [-0.2, 0) is 29.8 Å². The largest absolute Gasteiger partial charge is 0.435 e. The molecule has 0 fully saturated rings. The van der Waals surface area contributed by atoms with Crippen LogP contribution >= 0.6 is 0 Å². The molecule has 11 heteroatoms. The molecule has 2 rings (SSSR count). The Morgan fingerprint density at radius 2 is 1.96 bits per heavy atom. The molecule has 7 nitrogen and oxygen atoms in total. The number of rotatable bonds is 5. The predicted molar refractivity (Wildman–Crippen MR) is 75.1 cm³/mol. The molecule has 2 heterocycles. The molecule has 1 N–H and O–H groups in total. The van der Waals surface area contributed by atoms with Gasteiger partial charge in [-0.1, -0.05) is 0 Å². The fraction of sp³-hybridized carbons (Fsp3) is 0.500. The molecule has 0 saturated carbocycles. The number of sulfonamides is 1. The summed E-state index contributed by atoms with van der Waals surface area (Å²) < 4.78 is 66.8. The van der Waals surface area contributed by atoms with Crippen molar-refractivity contribution in [3.8, 4) is 0 Å². The van der Waals surface area contributed by atoms with Crippen molar-refractivity contribution in [1.29, 1.82) is 0 Å². The van der Waals surface area contributed by atoms with Crippen LogP contribution in [0.1, 0.15) is 17.1 Å².